The van der Waals surface area contributed by atoms with E-state index in [1.807, 2.05) is 6.07 Å². The topological polar surface area (TPSA) is 75.6 Å². The number of carbonyl (C=O) groups excluding carboxylic acids is 1. The van der Waals surface area contributed by atoms with Crippen molar-refractivity contribution in [3.8, 4) is 5.75 Å². The van der Waals surface area contributed by atoms with E-state index in [1.165, 1.54) is 0 Å². The number of ether oxygens (including phenoxy) is 1. The van der Waals surface area contributed by atoms with E-state index in [0.717, 1.165) is 24.8 Å². The van der Waals surface area contributed by atoms with E-state index in [-0.39, 0.29) is 18.9 Å². The van der Waals surface area contributed by atoms with Crippen molar-refractivity contribution in [3.05, 3.63) is 29.8 Å². The molecule has 5 nitrogen and oxygen atoms in total. The predicted molar refractivity (Wildman–Crippen MR) is 75.8 cm³/mol. The van der Waals surface area contributed by atoms with Gasteiger partial charge in [-0.05, 0) is 24.1 Å². The van der Waals surface area contributed by atoms with E-state index >= 15 is 0 Å². The second-order valence-corrected chi connectivity index (χ2v) is 4.56. The van der Waals surface area contributed by atoms with E-state index < -0.39 is 5.97 Å². The second kappa shape index (κ2) is 8.96. The summed E-state index contributed by atoms with van der Waals surface area (Å²) in [5, 5.41) is 11.4. The maximum atomic E-state index is 11.7. The van der Waals surface area contributed by atoms with Crippen LogP contribution in [0.4, 0.5) is 0 Å². The molecule has 110 valence electrons. The number of rotatable bonds is 9. The SMILES string of the molecule is CCCCCNC(=O)Cc1cccc(OCC(=O)O)c1. The molecule has 0 unspecified atom stereocenters. The molecule has 0 aliphatic carbocycles. The van der Waals surface area contributed by atoms with Gasteiger partial charge in [0.2, 0.25) is 5.91 Å². The Bertz CT molecular complexity index is 445. The van der Waals surface area contributed by atoms with Crippen molar-refractivity contribution in [1.29, 1.82) is 0 Å². The van der Waals surface area contributed by atoms with Gasteiger partial charge in [-0.2, -0.15) is 0 Å². The first-order chi connectivity index (χ1) is 9.61. The number of carboxylic acids is 1. The quantitative estimate of drug-likeness (QED) is 0.678. The first-order valence-electron chi connectivity index (χ1n) is 6.82. The smallest absolute Gasteiger partial charge is 0.341 e. The Morgan fingerprint density at radius 3 is 2.80 bits per heavy atom. The monoisotopic (exact) mass is 279 g/mol. The molecule has 1 amide bonds. The van der Waals surface area contributed by atoms with Crippen molar-refractivity contribution in [1.82, 2.24) is 5.32 Å². The van der Waals surface area contributed by atoms with Crippen molar-refractivity contribution in [2.75, 3.05) is 13.2 Å². The van der Waals surface area contributed by atoms with Gasteiger partial charge in [0, 0.05) is 6.54 Å². The number of benzene rings is 1. The summed E-state index contributed by atoms with van der Waals surface area (Å²) < 4.78 is 5.07. The summed E-state index contributed by atoms with van der Waals surface area (Å²) in [5.41, 5.74) is 0.806. The molecule has 0 atom stereocenters. The van der Waals surface area contributed by atoms with Gasteiger partial charge in [0.25, 0.3) is 0 Å². The summed E-state index contributed by atoms with van der Waals surface area (Å²) in [7, 11) is 0. The maximum absolute atomic E-state index is 11.7. The second-order valence-electron chi connectivity index (χ2n) is 4.56. The molecule has 0 spiro atoms. The molecule has 0 aliphatic rings. The highest BCUT2D eigenvalue weighted by Gasteiger charge is 2.05. The van der Waals surface area contributed by atoms with Crippen molar-refractivity contribution in [2.24, 2.45) is 0 Å². The highest BCUT2D eigenvalue weighted by atomic mass is 16.5. The molecule has 0 radical (unpaired) electrons. The fourth-order valence-corrected chi connectivity index (χ4v) is 1.74. The molecule has 2 N–H and O–H groups in total. The summed E-state index contributed by atoms with van der Waals surface area (Å²) in [5.74, 6) is -0.593. The number of nitrogens with one attached hydrogen (secondary N) is 1. The Kier molecular flexibility index (Phi) is 7.17. The van der Waals surface area contributed by atoms with Crippen LogP contribution in [0.1, 0.15) is 31.7 Å². The standard InChI is InChI=1S/C15H21NO4/c1-2-3-4-8-16-14(17)10-12-6-5-7-13(9-12)20-11-15(18)19/h5-7,9H,2-4,8,10-11H2,1H3,(H,16,17)(H,18,19). The van der Waals surface area contributed by atoms with Crippen LogP contribution in [0.5, 0.6) is 5.75 Å². The number of carbonyl (C=O) groups is 2. The van der Waals surface area contributed by atoms with Gasteiger partial charge in [-0.3, -0.25) is 4.79 Å². The van der Waals surface area contributed by atoms with Gasteiger partial charge in [-0.15, -0.1) is 0 Å². The van der Waals surface area contributed by atoms with Gasteiger partial charge in [-0.25, -0.2) is 4.79 Å². The summed E-state index contributed by atoms with van der Waals surface area (Å²) in [6.07, 6.45) is 3.50. The van der Waals surface area contributed by atoms with Gasteiger partial charge < -0.3 is 15.2 Å². The lowest BCUT2D eigenvalue weighted by Crippen LogP contribution is -2.26. The molecule has 0 heterocycles. The molecule has 0 aromatic heterocycles. The lowest BCUT2D eigenvalue weighted by Gasteiger charge is -2.07. The molecule has 1 aromatic carbocycles. The highest BCUT2D eigenvalue weighted by molar-refractivity contribution is 5.78. The van der Waals surface area contributed by atoms with Gasteiger partial charge in [0.1, 0.15) is 5.75 Å². The molecular weight excluding hydrogens is 258 g/mol. The zero-order valence-corrected chi connectivity index (χ0v) is 11.7. The van der Waals surface area contributed by atoms with Crippen LogP contribution >= 0.6 is 0 Å². The Hall–Kier alpha value is -2.04. The minimum atomic E-state index is -1.02. The van der Waals surface area contributed by atoms with Gasteiger partial charge in [0.05, 0.1) is 6.42 Å². The number of unbranched alkanes of at least 4 members (excludes halogenated alkanes) is 2. The summed E-state index contributed by atoms with van der Waals surface area (Å²) in [6, 6.07) is 6.93. The van der Waals surface area contributed by atoms with Crippen LogP contribution in [0.2, 0.25) is 0 Å². The number of carboxylic acid groups (broad SMARTS) is 1. The fourth-order valence-electron chi connectivity index (χ4n) is 1.74. The lowest BCUT2D eigenvalue weighted by molar-refractivity contribution is -0.139. The number of hydrogen-bond donors (Lipinski definition) is 2. The molecule has 0 aliphatic heterocycles. The molecule has 0 fully saturated rings. The zero-order chi connectivity index (χ0) is 14.8. The normalized spacial score (nSPS) is 10.1. The molecule has 0 saturated heterocycles. The summed E-state index contributed by atoms with van der Waals surface area (Å²) in [4.78, 5) is 22.1. The van der Waals surface area contributed by atoms with Crippen molar-refractivity contribution in [3.63, 3.8) is 0 Å². The van der Waals surface area contributed by atoms with Crippen LogP contribution in [0.25, 0.3) is 0 Å². The fraction of sp³-hybridized carbons (Fsp3) is 0.467. The van der Waals surface area contributed by atoms with Crippen LogP contribution in [0.3, 0.4) is 0 Å². The number of aliphatic carboxylic acids is 1. The largest absolute Gasteiger partial charge is 0.482 e. The Labute approximate surface area is 118 Å². The van der Waals surface area contributed by atoms with Crippen molar-refractivity contribution < 1.29 is 19.4 Å². The number of hydrogen-bond acceptors (Lipinski definition) is 3. The lowest BCUT2D eigenvalue weighted by atomic mass is 10.1. The third kappa shape index (κ3) is 6.78. The Morgan fingerprint density at radius 1 is 1.30 bits per heavy atom. The van der Waals surface area contributed by atoms with Gasteiger partial charge in [-0.1, -0.05) is 31.9 Å². The molecule has 1 rings (SSSR count). The maximum Gasteiger partial charge on any atom is 0.341 e. The first-order valence-corrected chi connectivity index (χ1v) is 6.82. The van der Waals surface area contributed by atoms with Crippen molar-refractivity contribution in [2.45, 2.75) is 32.6 Å². The van der Waals surface area contributed by atoms with E-state index in [0.29, 0.717) is 12.3 Å². The summed E-state index contributed by atoms with van der Waals surface area (Å²) in [6.45, 7) is 2.43. The van der Waals surface area contributed by atoms with E-state index in [2.05, 4.69) is 12.2 Å². The van der Waals surface area contributed by atoms with Gasteiger partial charge in [0.15, 0.2) is 6.61 Å². The van der Waals surface area contributed by atoms with Crippen LogP contribution in [0, 0.1) is 0 Å². The minimum Gasteiger partial charge on any atom is -0.482 e. The molecule has 1 aromatic rings. The Morgan fingerprint density at radius 2 is 2.10 bits per heavy atom. The third-order valence-corrected chi connectivity index (χ3v) is 2.73. The highest BCUT2D eigenvalue weighted by Crippen LogP contribution is 2.13. The molecule has 20 heavy (non-hydrogen) atoms. The van der Waals surface area contributed by atoms with E-state index in [1.54, 1.807) is 18.2 Å². The Balaban J connectivity index is 2.40. The first kappa shape index (κ1) is 16.0. The van der Waals surface area contributed by atoms with Crippen LogP contribution in [-0.4, -0.2) is 30.1 Å². The van der Waals surface area contributed by atoms with Crippen molar-refractivity contribution >= 4 is 11.9 Å². The van der Waals surface area contributed by atoms with E-state index in [4.69, 9.17) is 9.84 Å². The van der Waals surface area contributed by atoms with Crippen LogP contribution in [0.15, 0.2) is 24.3 Å². The predicted octanol–water partition coefficient (Wildman–Crippen LogP) is 2.00. The average molecular weight is 279 g/mol. The average Bonchev–Trinajstić information content (AvgIpc) is 2.42. The zero-order valence-electron chi connectivity index (χ0n) is 11.7. The van der Waals surface area contributed by atoms with Gasteiger partial charge >= 0.3 is 5.97 Å². The number of amides is 1. The molecule has 0 saturated carbocycles. The van der Waals surface area contributed by atoms with Crippen LogP contribution < -0.4 is 10.1 Å². The van der Waals surface area contributed by atoms with Crippen LogP contribution in [-0.2, 0) is 16.0 Å². The van der Waals surface area contributed by atoms with E-state index in [9.17, 15) is 9.59 Å². The summed E-state index contributed by atoms with van der Waals surface area (Å²) >= 11 is 0. The third-order valence-electron chi connectivity index (χ3n) is 2.73. The molecular formula is C15H21NO4. The minimum absolute atomic E-state index is 0.0310. The molecule has 5 heteroatoms. The molecule has 0 bridgehead atoms.